The Morgan fingerprint density at radius 3 is 2.81 bits per heavy atom. The molecule has 0 aromatic carbocycles. The van der Waals surface area contributed by atoms with Crippen molar-refractivity contribution in [1.82, 2.24) is 15.3 Å². The van der Waals surface area contributed by atoms with E-state index in [4.69, 9.17) is 0 Å². The lowest BCUT2D eigenvalue weighted by atomic mass is 10.2. The number of carbonyl (C=O) groups excluding carboxylic acids is 2. The van der Waals surface area contributed by atoms with Crippen molar-refractivity contribution < 1.29 is 9.59 Å². The van der Waals surface area contributed by atoms with E-state index in [2.05, 4.69) is 20.6 Å². The number of carbonyl (C=O) groups is 2. The van der Waals surface area contributed by atoms with Gasteiger partial charge in [-0.15, -0.1) is 0 Å². The third-order valence-corrected chi connectivity index (χ3v) is 3.63. The molecule has 2 heterocycles. The van der Waals surface area contributed by atoms with Gasteiger partial charge in [0.1, 0.15) is 5.82 Å². The van der Waals surface area contributed by atoms with Gasteiger partial charge >= 0.3 is 6.03 Å². The van der Waals surface area contributed by atoms with E-state index in [-0.39, 0.29) is 12.1 Å². The minimum Gasteiger partial charge on any atom is -0.335 e. The Morgan fingerprint density at radius 1 is 1.24 bits per heavy atom. The van der Waals surface area contributed by atoms with Crippen molar-refractivity contribution in [3.63, 3.8) is 0 Å². The average molecular weight is 284 g/mol. The van der Waals surface area contributed by atoms with Crippen LogP contribution >= 0.6 is 0 Å². The molecule has 2 aromatic heterocycles. The molecule has 0 aliphatic heterocycles. The van der Waals surface area contributed by atoms with E-state index >= 15 is 0 Å². The molecule has 6 nitrogen and oxygen atoms in total. The molecule has 0 unspecified atom stereocenters. The minimum atomic E-state index is -0.242. The molecule has 21 heavy (non-hydrogen) atoms. The Kier molecular flexibility index (Phi) is 3.77. The fourth-order valence-electron chi connectivity index (χ4n) is 2.56. The number of rotatable bonds is 3. The molecular formula is C15H16N4O2. The lowest BCUT2D eigenvalue weighted by Crippen LogP contribution is -2.36. The molecule has 6 heteroatoms. The van der Waals surface area contributed by atoms with Gasteiger partial charge in [-0.05, 0) is 31.0 Å². The molecule has 108 valence electrons. The molecule has 0 saturated heterocycles. The van der Waals surface area contributed by atoms with E-state index in [1.807, 2.05) is 0 Å². The van der Waals surface area contributed by atoms with Crippen molar-refractivity contribution in [3.8, 4) is 0 Å². The fraction of sp³-hybridized carbons (Fsp3) is 0.333. The fourth-order valence-corrected chi connectivity index (χ4v) is 2.56. The van der Waals surface area contributed by atoms with Gasteiger partial charge in [-0.3, -0.25) is 15.1 Å². The number of aromatic nitrogens is 2. The van der Waals surface area contributed by atoms with Crippen molar-refractivity contribution in [3.05, 3.63) is 30.0 Å². The SMILES string of the molecule is O=Cc1cnc2ccc(NC(=O)NC3CCCC3)nc2c1. The van der Waals surface area contributed by atoms with Crippen LogP contribution < -0.4 is 10.6 Å². The molecule has 0 atom stereocenters. The van der Waals surface area contributed by atoms with Crippen molar-refractivity contribution in [2.75, 3.05) is 5.32 Å². The van der Waals surface area contributed by atoms with E-state index in [9.17, 15) is 9.59 Å². The van der Waals surface area contributed by atoms with Crippen LogP contribution in [-0.4, -0.2) is 28.3 Å². The molecule has 1 aliphatic carbocycles. The highest BCUT2D eigenvalue weighted by atomic mass is 16.2. The monoisotopic (exact) mass is 284 g/mol. The van der Waals surface area contributed by atoms with E-state index in [1.165, 1.54) is 19.0 Å². The number of hydrogen-bond donors (Lipinski definition) is 2. The number of anilines is 1. The summed E-state index contributed by atoms with van der Waals surface area (Å²) < 4.78 is 0. The molecule has 1 saturated carbocycles. The van der Waals surface area contributed by atoms with Gasteiger partial charge in [-0.2, -0.15) is 0 Å². The highest BCUT2D eigenvalue weighted by Crippen LogP contribution is 2.18. The number of hydrogen-bond acceptors (Lipinski definition) is 4. The third kappa shape index (κ3) is 3.16. The van der Waals surface area contributed by atoms with Crippen molar-refractivity contribution in [2.24, 2.45) is 0 Å². The van der Waals surface area contributed by atoms with Crippen LogP contribution in [0.25, 0.3) is 11.0 Å². The van der Waals surface area contributed by atoms with Crippen molar-refractivity contribution in [2.45, 2.75) is 31.7 Å². The zero-order chi connectivity index (χ0) is 14.7. The lowest BCUT2D eigenvalue weighted by Gasteiger charge is -2.12. The summed E-state index contributed by atoms with van der Waals surface area (Å²) in [6, 6.07) is 5.13. The van der Waals surface area contributed by atoms with Gasteiger partial charge < -0.3 is 5.32 Å². The molecule has 3 rings (SSSR count). The van der Waals surface area contributed by atoms with Crippen LogP contribution in [0.4, 0.5) is 10.6 Å². The number of fused-ring (bicyclic) bond motifs is 1. The standard InChI is InChI=1S/C15H16N4O2/c20-9-10-7-13-12(16-8-10)5-6-14(18-13)19-15(21)17-11-3-1-2-4-11/h5-9,11H,1-4H2,(H2,17,18,19,21). The van der Waals surface area contributed by atoms with Gasteiger partial charge in [0.05, 0.1) is 11.0 Å². The lowest BCUT2D eigenvalue weighted by molar-refractivity contribution is 0.112. The van der Waals surface area contributed by atoms with Crippen molar-refractivity contribution >= 4 is 29.2 Å². The molecule has 0 spiro atoms. The number of amides is 2. The number of urea groups is 1. The molecule has 0 radical (unpaired) electrons. The molecule has 1 aliphatic rings. The summed E-state index contributed by atoms with van der Waals surface area (Å²) in [5, 5.41) is 5.66. The second-order valence-corrected chi connectivity index (χ2v) is 5.20. The summed E-state index contributed by atoms with van der Waals surface area (Å²) in [4.78, 5) is 31.1. The first-order valence-corrected chi connectivity index (χ1v) is 7.04. The maximum atomic E-state index is 11.9. The maximum Gasteiger partial charge on any atom is 0.320 e. The summed E-state index contributed by atoms with van der Waals surface area (Å²) in [6.07, 6.45) is 6.62. The van der Waals surface area contributed by atoms with Crippen LogP contribution in [0.5, 0.6) is 0 Å². The Labute approximate surface area is 122 Å². The summed E-state index contributed by atoms with van der Waals surface area (Å²) >= 11 is 0. The van der Waals surface area contributed by atoms with Gasteiger partial charge in [0, 0.05) is 17.8 Å². The zero-order valence-electron chi connectivity index (χ0n) is 11.5. The van der Waals surface area contributed by atoms with Gasteiger partial charge in [0.2, 0.25) is 0 Å². The highest BCUT2D eigenvalue weighted by Gasteiger charge is 2.17. The topological polar surface area (TPSA) is 84.0 Å². The Bertz CT molecular complexity index is 680. The highest BCUT2D eigenvalue weighted by molar-refractivity contribution is 5.90. The molecule has 2 N–H and O–H groups in total. The number of pyridine rings is 2. The molecule has 1 fully saturated rings. The van der Waals surface area contributed by atoms with Gasteiger partial charge in [0.25, 0.3) is 0 Å². The van der Waals surface area contributed by atoms with Crippen LogP contribution in [0.2, 0.25) is 0 Å². The van der Waals surface area contributed by atoms with Gasteiger partial charge in [-0.25, -0.2) is 9.78 Å². The smallest absolute Gasteiger partial charge is 0.320 e. The van der Waals surface area contributed by atoms with Crippen molar-refractivity contribution in [1.29, 1.82) is 0 Å². The first-order chi connectivity index (χ1) is 10.2. The van der Waals surface area contributed by atoms with Gasteiger partial charge in [-0.1, -0.05) is 12.8 Å². The van der Waals surface area contributed by atoms with E-state index in [0.717, 1.165) is 19.1 Å². The van der Waals surface area contributed by atoms with Crippen LogP contribution in [0.3, 0.4) is 0 Å². The van der Waals surface area contributed by atoms with E-state index in [1.54, 1.807) is 18.2 Å². The quantitative estimate of drug-likeness (QED) is 0.848. The molecular weight excluding hydrogens is 268 g/mol. The minimum absolute atomic E-state index is 0.242. The summed E-state index contributed by atoms with van der Waals surface area (Å²) in [6.45, 7) is 0. The Balaban J connectivity index is 1.73. The van der Waals surface area contributed by atoms with E-state index in [0.29, 0.717) is 22.4 Å². The third-order valence-electron chi connectivity index (χ3n) is 3.63. The molecule has 2 aromatic rings. The average Bonchev–Trinajstić information content (AvgIpc) is 2.99. The zero-order valence-corrected chi connectivity index (χ0v) is 11.5. The number of aldehydes is 1. The first-order valence-electron chi connectivity index (χ1n) is 7.04. The largest absolute Gasteiger partial charge is 0.335 e. The number of nitrogens with zero attached hydrogens (tertiary/aromatic N) is 2. The number of nitrogens with one attached hydrogen (secondary N) is 2. The van der Waals surface area contributed by atoms with Crippen LogP contribution in [0, 0.1) is 0 Å². The Morgan fingerprint density at radius 2 is 2.05 bits per heavy atom. The normalized spacial score (nSPS) is 15.0. The molecule has 2 amide bonds. The first kappa shape index (κ1) is 13.5. The van der Waals surface area contributed by atoms with Crippen LogP contribution in [0.1, 0.15) is 36.0 Å². The summed E-state index contributed by atoms with van der Waals surface area (Å²) in [5.41, 5.74) is 1.73. The Hall–Kier alpha value is -2.50. The second-order valence-electron chi connectivity index (χ2n) is 5.20. The summed E-state index contributed by atoms with van der Waals surface area (Å²) in [5.74, 6) is 0.447. The molecule has 0 bridgehead atoms. The predicted molar refractivity (Wildman–Crippen MR) is 79.3 cm³/mol. The predicted octanol–water partition coefficient (Wildman–Crippen LogP) is 2.51. The van der Waals surface area contributed by atoms with Crippen LogP contribution in [-0.2, 0) is 0 Å². The summed E-state index contributed by atoms with van der Waals surface area (Å²) in [7, 11) is 0. The van der Waals surface area contributed by atoms with Gasteiger partial charge in [0.15, 0.2) is 6.29 Å². The van der Waals surface area contributed by atoms with Crippen LogP contribution in [0.15, 0.2) is 24.4 Å². The second kappa shape index (κ2) is 5.87. The van der Waals surface area contributed by atoms with E-state index < -0.39 is 0 Å². The maximum absolute atomic E-state index is 11.9.